The molecular weight excluding hydrogens is 331 g/mol. The monoisotopic (exact) mass is 339 g/mol. The Balaban J connectivity index is 3.61. The number of nitriles is 2. The highest BCUT2D eigenvalue weighted by molar-refractivity contribution is 5.99. The molecule has 0 saturated carbocycles. The normalized spacial score (nSPS) is 10.4. The van der Waals surface area contributed by atoms with Crippen LogP contribution in [0.5, 0.6) is 0 Å². The summed E-state index contributed by atoms with van der Waals surface area (Å²) in [5.74, 6) is -7.50. The summed E-state index contributed by atoms with van der Waals surface area (Å²) >= 11 is 0. The summed E-state index contributed by atoms with van der Waals surface area (Å²) in [6, 6.07) is 2.30. The molecule has 0 aromatic heterocycles. The third-order valence-corrected chi connectivity index (χ3v) is 2.67. The van der Waals surface area contributed by atoms with Crippen LogP contribution in [0.25, 0.3) is 0 Å². The van der Waals surface area contributed by atoms with Crippen molar-refractivity contribution in [1.82, 2.24) is 0 Å². The smallest absolute Gasteiger partial charge is 0.354 e. The van der Waals surface area contributed by atoms with E-state index < -0.39 is 51.9 Å². The van der Waals surface area contributed by atoms with Crippen molar-refractivity contribution in [3.63, 3.8) is 0 Å². The number of carbonyl (C=O) groups excluding carboxylic acids is 2. The fourth-order valence-electron chi connectivity index (χ4n) is 1.55. The van der Waals surface area contributed by atoms with E-state index in [1.54, 1.807) is 0 Å². The Morgan fingerprint density at radius 3 is 2.00 bits per heavy atom. The number of halogens is 3. The number of nitrogens with zero attached hydrogens (tertiary/aromatic N) is 2. The minimum absolute atomic E-state index is 0.541. The summed E-state index contributed by atoms with van der Waals surface area (Å²) < 4.78 is 50.1. The van der Waals surface area contributed by atoms with Crippen molar-refractivity contribution >= 4 is 17.6 Å². The molecule has 0 saturated heterocycles. The molecule has 0 radical (unpaired) electrons. The Morgan fingerprint density at radius 1 is 1.00 bits per heavy atom. The quantitative estimate of drug-likeness (QED) is 0.502. The molecule has 0 amide bonds. The second-order valence-electron chi connectivity index (χ2n) is 3.99. The van der Waals surface area contributed by atoms with Crippen molar-refractivity contribution in [2.75, 3.05) is 19.5 Å². The summed E-state index contributed by atoms with van der Waals surface area (Å²) in [5.41, 5.74) is -4.18. The number of methoxy groups -OCH3 is 2. The van der Waals surface area contributed by atoms with Crippen molar-refractivity contribution < 1.29 is 32.2 Å². The van der Waals surface area contributed by atoms with Crippen LogP contribution in [0, 0.1) is 40.1 Å². The first-order valence-corrected chi connectivity index (χ1v) is 5.97. The lowest BCUT2D eigenvalue weighted by Crippen LogP contribution is -2.18. The van der Waals surface area contributed by atoms with Gasteiger partial charge in [-0.3, -0.25) is 0 Å². The van der Waals surface area contributed by atoms with Crippen LogP contribution in [0.3, 0.4) is 0 Å². The predicted octanol–water partition coefficient (Wildman–Crippen LogP) is 1.49. The summed E-state index contributed by atoms with van der Waals surface area (Å²) in [7, 11) is 1.92. The Kier molecular flexibility index (Phi) is 5.90. The van der Waals surface area contributed by atoms with Crippen LogP contribution in [-0.2, 0) is 19.1 Å². The van der Waals surface area contributed by atoms with E-state index in [4.69, 9.17) is 10.5 Å². The molecule has 24 heavy (non-hydrogen) atoms. The van der Waals surface area contributed by atoms with Crippen molar-refractivity contribution in [2.24, 2.45) is 0 Å². The van der Waals surface area contributed by atoms with E-state index in [1.165, 1.54) is 6.07 Å². The molecule has 1 rings (SSSR count). The van der Waals surface area contributed by atoms with Gasteiger partial charge in [0.25, 0.3) is 0 Å². The standard InChI is InChI=1S/C14H8F3N3O4/c1-23-9(21)3-8(14(22)24-2)20-13-7(5-19)11(16)10(15)6(4-18)12(13)17/h3,20H,1-2H3/b8-3+. The van der Waals surface area contributed by atoms with Gasteiger partial charge < -0.3 is 14.8 Å². The van der Waals surface area contributed by atoms with Crippen LogP contribution in [-0.4, -0.2) is 26.2 Å². The maximum absolute atomic E-state index is 14.2. The minimum Gasteiger partial charge on any atom is -0.466 e. The van der Waals surface area contributed by atoms with E-state index in [9.17, 15) is 22.8 Å². The number of carbonyl (C=O) groups is 2. The highest BCUT2D eigenvalue weighted by atomic mass is 19.2. The molecule has 1 aromatic rings. The van der Waals surface area contributed by atoms with Crippen molar-refractivity contribution in [3.05, 3.63) is 40.4 Å². The van der Waals surface area contributed by atoms with Crippen LogP contribution >= 0.6 is 0 Å². The van der Waals surface area contributed by atoms with Crippen LogP contribution in [0.1, 0.15) is 11.1 Å². The largest absolute Gasteiger partial charge is 0.466 e. The third kappa shape index (κ3) is 3.44. The first-order valence-electron chi connectivity index (χ1n) is 5.97. The summed E-state index contributed by atoms with van der Waals surface area (Å²) in [6.07, 6.45) is 0.541. The van der Waals surface area contributed by atoms with Gasteiger partial charge in [-0.15, -0.1) is 0 Å². The molecule has 0 aliphatic rings. The zero-order chi connectivity index (χ0) is 18.4. The topological polar surface area (TPSA) is 112 Å². The molecule has 0 fully saturated rings. The minimum atomic E-state index is -1.85. The molecule has 10 heteroatoms. The van der Waals surface area contributed by atoms with Gasteiger partial charge in [-0.1, -0.05) is 0 Å². The molecule has 0 atom stereocenters. The second kappa shape index (κ2) is 7.65. The van der Waals surface area contributed by atoms with Gasteiger partial charge in [0.1, 0.15) is 29.0 Å². The Morgan fingerprint density at radius 2 is 1.54 bits per heavy atom. The molecule has 124 valence electrons. The summed E-state index contributed by atoms with van der Waals surface area (Å²) in [4.78, 5) is 22.8. The van der Waals surface area contributed by atoms with E-state index in [2.05, 4.69) is 9.47 Å². The lowest BCUT2D eigenvalue weighted by atomic mass is 10.1. The second-order valence-corrected chi connectivity index (χ2v) is 3.99. The number of ether oxygens (including phenoxy) is 2. The number of nitrogens with one attached hydrogen (secondary N) is 1. The van der Waals surface area contributed by atoms with Gasteiger partial charge >= 0.3 is 11.9 Å². The molecule has 0 bridgehead atoms. The number of hydrogen-bond acceptors (Lipinski definition) is 7. The van der Waals surface area contributed by atoms with Gasteiger partial charge in [0.15, 0.2) is 17.5 Å². The highest BCUT2D eigenvalue weighted by Gasteiger charge is 2.27. The fraction of sp³-hybridized carbons (Fsp3) is 0.143. The van der Waals surface area contributed by atoms with Gasteiger partial charge in [-0.25, -0.2) is 22.8 Å². The summed E-state index contributed by atoms with van der Waals surface area (Å²) in [5, 5.41) is 19.5. The molecule has 0 heterocycles. The fourth-order valence-corrected chi connectivity index (χ4v) is 1.55. The van der Waals surface area contributed by atoms with Gasteiger partial charge in [0.05, 0.1) is 26.0 Å². The molecule has 0 unspecified atom stereocenters. The zero-order valence-corrected chi connectivity index (χ0v) is 12.2. The van der Waals surface area contributed by atoms with E-state index >= 15 is 0 Å². The molecule has 1 aromatic carbocycles. The van der Waals surface area contributed by atoms with Crippen molar-refractivity contribution in [1.29, 1.82) is 10.5 Å². The molecule has 0 spiro atoms. The first-order chi connectivity index (χ1) is 11.3. The average Bonchev–Trinajstić information content (AvgIpc) is 2.58. The average molecular weight is 339 g/mol. The van der Waals surface area contributed by atoms with Crippen LogP contribution < -0.4 is 5.32 Å². The van der Waals surface area contributed by atoms with Gasteiger partial charge in [-0.2, -0.15) is 10.5 Å². The third-order valence-electron chi connectivity index (χ3n) is 2.67. The molecule has 0 aliphatic heterocycles. The number of esters is 2. The Bertz CT molecular complexity index is 822. The number of hydrogen-bond donors (Lipinski definition) is 1. The maximum Gasteiger partial charge on any atom is 0.354 e. The first kappa shape index (κ1) is 18.5. The van der Waals surface area contributed by atoms with Gasteiger partial charge in [0, 0.05) is 0 Å². The molecule has 0 aliphatic carbocycles. The number of rotatable bonds is 4. The maximum atomic E-state index is 14.2. The van der Waals surface area contributed by atoms with E-state index in [1.807, 2.05) is 5.32 Å². The molecular formula is C14H8F3N3O4. The van der Waals surface area contributed by atoms with Crippen LogP contribution in [0.4, 0.5) is 18.9 Å². The lowest BCUT2D eigenvalue weighted by molar-refractivity contribution is -0.138. The van der Waals surface area contributed by atoms with E-state index in [0.29, 0.717) is 6.08 Å². The van der Waals surface area contributed by atoms with E-state index in [0.717, 1.165) is 20.3 Å². The number of benzene rings is 1. The van der Waals surface area contributed by atoms with Crippen molar-refractivity contribution in [2.45, 2.75) is 0 Å². The zero-order valence-electron chi connectivity index (χ0n) is 12.2. The van der Waals surface area contributed by atoms with Gasteiger partial charge in [0.2, 0.25) is 0 Å². The summed E-state index contributed by atoms with van der Waals surface area (Å²) in [6.45, 7) is 0. The van der Waals surface area contributed by atoms with Crippen LogP contribution in [0.15, 0.2) is 11.8 Å². The molecule has 1 N–H and O–H groups in total. The van der Waals surface area contributed by atoms with Gasteiger partial charge in [-0.05, 0) is 0 Å². The SMILES string of the molecule is COC(=O)/C=C(/Nc1c(F)c(C#N)c(F)c(F)c1C#N)C(=O)OC. The lowest BCUT2D eigenvalue weighted by Gasteiger charge is -2.13. The molecule has 7 nitrogen and oxygen atoms in total. The Labute approximate surface area is 133 Å². The number of anilines is 1. The highest BCUT2D eigenvalue weighted by Crippen LogP contribution is 2.29. The van der Waals surface area contributed by atoms with E-state index in [-0.39, 0.29) is 0 Å². The Hall–Kier alpha value is -3.53. The van der Waals surface area contributed by atoms with Crippen molar-refractivity contribution in [3.8, 4) is 12.1 Å². The predicted molar refractivity (Wildman–Crippen MR) is 71.5 cm³/mol. The van der Waals surface area contributed by atoms with Crippen LogP contribution in [0.2, 0.25) is 0 Å².